The molecule has 0 radical (unpaired) electrons. The van der Waals surface area contributed by atoms with E-state index in [1.165, 1.54) is 23.4 Å². The standard InChI is InChI=1S/C22H18FNS2/c23-20-13-7-8-14-21(20)25-16-15-22(24-19-11-5-2-6-12-19)26-17-18-9-3-1-4-10-18/h1-16H,17H2. The van der Waals surface area contributed by atoms with Crippen molar-refractivity contribution in [1.82, 2.24) is 0 Å². The molecule has 26 heavy (non-hydrogen) atoms. The number of rotatable bonds is 6. The Morgan fingerprint density at radius 3 is 2.23 bits per heavy atom. The average molecular weight is 380 g/mol. The zero-order valence-electron chi connectivity index (χ0n) is 14.1. The Bertz CT molecular complexity index is 877. The van der Waals surface area contributed by atoms with Gasteiger partial charge in [-0.15, -0.1) is 11.8 Å². The van der Waals surface area contributed by atoms with E-state index in [0.717, 1.165) is 16.5 Å². The Hall–Kier alpha value is -2.30. The fraction of sp³-hybridized carbons (Fsp3) is 0.0455. The van der Waals surface area contributed by atoms with Gasteiger partial charge in [-0.3, -0.25) is 0 Å². The second-order valence-electron chi connectivity index (χ2n) is 5.41. The van der Waals surface area contributed by atoms with Gasteiger partial charge in [0.1, 0.15) is 5.82 Å². The third-order valence-electron chi connectivity index (χ3n) is 3.47. The van der Waals surface area contributed by atoms with E-state index in [4.69, 9.17) is 4.99 Å². The van der Waals surface area contributed by atoms with Crippen LogP contribution in [0.4, 0.5) is 10.1 Å². The van der Waals surface area contributed by atoms with Gasteiger partial charge < -0.3 is 0 Å². The predicted octanol–water partition coefficient (Wildman–Crippen LogP) is 7.10. The van der Waals surface area contributed by atoms with Gasteiger partial charge >= 0.3 is 0 Å². The number of halogens is 1. The Morgan fingerprint density at radius 2 is 1.50 bits per heavy atom. The molecule has 0 aliphatic heterocycles. The summed E-state index contributed by atoms with van der Waals surface area (Å²) in [6.45, 7) is 0. The summed E-state index contributed by atoms with van der Waals surface area (Å²) in [6, 6.07) is 26.9. The van der Waals surface area contributed by atoms with Gasteiger partial charge in [0.25, 0.3) is 0 Å². The van der Waals surface area contributed by atoms with Crippen LogP contribution in [-0.4, -0.2) is 5.04 Å². The number of thioether (sulfide) groups is 2. The molecule has 0 bridgehead atoms. The smallest absolute Gasteiger partial charge is 0.137 e. The number of hydrogen-bond donors (Lipinski definition) is 0. The maximum atomic E-state index is 13.7. The van der Waals surface area contributed by atoms with Crippen molar-refractivity contribution >= 4 is 34.3 Å². The van der Waals surface area contributed by atoms with Crippen LogP contribution in [-0.2, 0) is 5.75 Å². The van der Waals surface area contributed by atoms with Gasteiger partial charge in [-0.1, -0.05) is 72.4 Å². The fourth-order valence-electron chi connectivity index (χ4n) is 2.18. The molecule has 0 spiro atoms. The Balaban J connectivity index is 1.73. The molecular weight excluding hydrogens is 361 g/mol. The lowest BCUT2D eigenvalue weighted by Crippen LogP contribution is -1.89. The minimum atomic E-state index is -0.208. The highest BCUT2D eigenvalue weighted by Gasteiger charge is 2.01. The van der Waals surface area contributed by atoms with E-state index in [2.05, 4.69) is 12.1 Å². The van der Waals surface area contributed by atoms with Crippen molar-refractivity contribution in [2.75, 3.05) is 0 Å². The number of benzene rings is 3. The lowest BCUT2D eigenvalue weighted by molar-refractivity contribution is 0.602. The molecule has 0 saturated carbocycles. The summed E-state index contributed by atoms with van der Waals surface area (Å²) in [5, 5.41) is 2.78. The van der Waals surface area contributed by atoms with Gasteiger partial charge in [0, 0.05) is 10.6 Å². The monoisotopic (exact) mass is 379 g/mol. The van der Waals surface area contributed by atoms with E-state index in [-0.39, 0.29) is 5.82 Å². The highest BCUT2D eigenvalue weighted by atomic mass is 32.2. The zero-order chi connectivity index (χ0) is 18.0. The third-order valence-corrected chi connectivity index (χ3v) is 5.33. The molecule has 0 atom stereocenters. The molecule has 0 heterocycles. The second-order valence-corrected chi connectivity index (χ2v) is 7.35. The van der Waals surface area contributed by atoms with Crippen molar-refractivity contribution in [2.24, 2.45) is 4.99 Å². The van der Waals surface area contributed by atoms with E-state index in [1.807, 2.05) is 66.1 Å². The van der Waals surface area contributed by atoms with E-state index in [9.17, 15) is 4.39 Å². The molecule has 0 aliphatic rings. The third kappa shape index (κ3) is 5.90. The molecule has 1 nitrogen and oxygen atoms in total. The molecule has 4 heteroatoms. The van der Waals surface area contributed by atoms with Crippen LogP contribution in [0.2, 0.25) is 0 Å². The first-order chi connectivity index (χ1) is 12.8. The lowest BCUT2D eigenvalue weighted by Gasteiger charge is -2.03. The second kappa shape index (κ2) is 10.00. The molecule has 130 valence electrons. The summed E-state index contributed by atoms with van der Waals surface area (Å²) in [5.41, 5.74) is 2.15. The zero-order valence-corrected chi connectivity index (χ0v) is 15.7. The minimum absolute atomic E-state index is 0.208. The molecule has 3 rings (SSSR count). The van der Waals surface area contributed by atoms with Crippen LogP contribution in [0.15, 0.2) is 106 Å². The lowest BCUT2D eigenvalue weighted by atomic mass is 10.2. The largest absolute Gasteiger partial charge is 0.242 e. The van der Waals surface area contributed by atoms with Crippen molar-refractivity contribution in [3.63, 3.8) is 0 Å². The minimum Gasteiger partial charge on any atom is -0.242 e. The van der Waals surface area contributed by atoms with E-state index in [1.54, 1.807) is 23.9 Å². The van der Waals surface area contributed by atoms with Crippen molar-refractivity contribution in [3.8, 4) is 0 Å². The normalized spacial score (nSPS) is 11.8. The van der Waals surface area contributed by atoms with Gasteiger partial charge in [0.15, 0.2) is 0 Å². The van der Waals surface area contributed by atoms with Gasteiger partial charge in [0.05, 0.1) is 10.7 Å². The highest BCUT2D eigenvalue weighted by molar-refractivity contribution is 8.13. The maximum Gasteiger partial charge on any atom is 0.137 e. The van der Waals surface area contributed by atoms with Crippen molar-refractivity contribution in [1.29, 1.82) is 0 Å². The Kier molecular flexibility index (Phi) is 7.11. The van der Waals surface area contributed by atoms with Gasteiger partial charge in [-0.05, 0) is 41.3 Å². The number of hydrogen-bond acceptors (Lipinski definition) is 3. The van der Waals surface area contributed by atoms with Gasteiger partial charge in [-0.2, -0.15) is 0 Å². The molecule has 3 aromatic carbocycles. The summed E-state index contributed by atoms with van der Waals surface area (Å²) in [6.07, 6.45) is 1.94. The fourth-order valence-corrected chi connectivity index (χ4v) is 3.79. The number of nitrogens with zero attached hydrogens (tertiary/aromatic N) is 1. The van der Waals surface area contributed by atoms with Crippen LogP contribution in [0.3, 0.4) is 0 Å². The molecule has 0 unspecified atom stereocenters. The highest BCUT2D eigenvalue weighted by Crippen LogP contribution is 2.24. The summed E-state index contributed by atoms with van der Waals surface area (Å²) in [5.74, 6) is 0.627. The first-order valence-corrected chi connectivity index (χ1v) is 10.1. The first kappa shape index (κ1) is 18.5. The van der Waals surface area contributed by atoms with Crippen molar-refractivity contribution in [3.05, 3.63) is 108 Å². The molecule has 0 N–H and O–H groups in total. The predicted molar refractivity (Wildman–Crippen MR) is 113 cm³/mol. The average Bonchev–Trinajstić information content (AvgIpc) is 2.69. The van der Waals surface area contributed by atoms with Crippen LogP contribution in [0.5, 0.6) is 0 Å². The summed E-state index contributed by atoms with van der Waals surface area (Å²) < 4.78 is 13.7. The SMILES string of the molecule is Fc1ccccc1SC=CC(=Nc1ccccc1)SCc1ccccc1. The van der Waals surface area contributed by atoms with E-state index < -0.39 is 0 Å². The molecule has 0 aromatic heterocycles. The summed E-state index contributed by atoms with van der Waals surface area (Å²) >= 11 is 3.02. The van der Waals surface area contributed by atoms with Gasteiger partial charge in [0.2, 0.25) is 0 Å². The molecule has 0 fully saturated rings. The molecular formula is C22H18FNS2. The van der Waals surface area contributed by atoms with E-state index >= 15 is 0 Å². The molecule has 0 aliphatic carbocycles. The Morgan fingerprint density at radius 1 is 0.846 bits per heavy atom. The van der Waals surface area contributed by atoms with Crippen LogP contribution in [0.1, 0.15) is 5.56 Å². The topological polar surface area (TPSA) is 12.4 Å². The van der Waals surface area contributed by atoms with Crippen molar-refractivity contribution in [2.45, 2.75) is 10.6 Å². The van der Waals surface area contributed by atoms with Crippen LogP contribution < -0.4 is 0 Å². The molecule has 0 saturated heterocycles. The number of aliphatic imine (C=N–C) groups is 1. The van der Waals surface area contributed by atoms with Crippen LogP contribution in [0, 0.1) is 5.82 Å². The summed E-state index contributed by atoms with van der Waals surface area (Å²) in [7, 11) is 0. The van der Waals surface area contributed by atoms with Crippen molar-refractivity contribution < 1.29 is 4.39 Å². The summed E-state index contributed by atoms with van der Waals surface area (Å²) in [4.78, 5) is 5.32. The van der Waals surface area contributed by atoms with E-state index in [0.29, 0.717) is 4.90 Å². The van der Waals surface area contributed by atoms with Gasteiger partial charge in [-0.25, -0.2) is 9.38 Å². The number of para-hydroxylation sites is 1. The molecule has 3 aromatic rings. The van der Waals surface area contributed by atoms with Crippen LogP contribution >= 0.6 is 23.5 Å². The quantitative estimate of drug-likeness (QED) is 0.257. The van der Waals surface area contributed by atoms with Crippen LogP contribution in [0.25, 0.3) is 0 Å². The maximum absolute atomic E-state index is 13.7. The first-order valence-electron chi connectivity index (χ1n) is 8.19. The Labute approximate surface area is 162 Å². The molecule has 0 amide bonds.